The minimum atomic E-state index is -0.558. The standard InChI is InChI=1S/C10H14O5/c1-3-9(12)14-5-4-6-15-10(13)7-8(2)11/h3H,1,4-7H2,2H3. The molecular formula is C10H14O5. The summed E-state index contributed by atoms with van der Waals surface area (Å²) in [6.07, 6.45) is 1.25. The zero-order chi connectivity index (χ0) is 11.7. The van der Waals surface area contributed by atoms with Gasteiger partial charge in [0.1, 0.15) is 12.2 Å². The molecule has 0 aliphatic carbocycles. The van der Waals surface area contributed by atoms with Crippen molar-refractivity contribution in [2.24, 2.45) is 0 Å². The molecule has 0 N–H and O–H groups in total. The van der Waals surface area contributed by atoms with Crippen LogP contribution in [0.5, 0.6) is 0 Å². The van der Waals surface area contributed by atoms with E-state index in [0.717, 1.165) is 6.08 Å². The van der Waals surface area contributed by atoms with Crippen LogP contribution in [0.2, 0.25) is 0 Å². The number of carbonyl (C=O) groups excluding carboxylic acids is 3. The Balaban J connectivity index is 3.38. The quantitative estimate of drug-likeness (QED) is 0.269. The van der Waals surface area contributed by atoms with Crippen molar-refractivity contribution in [3.8, 4) is 0 Å². The SMILES string of the molecule is C=CC(=O)OCCCOC(=O)CC(C)=O. The monoisotopic (exact) mass is 214 g/mol. The Labute approximate surface area is 88.0 Å². The molecule has 0 atom stereocenters. The van der Waals surface area contributed by atoms with Crippen LogP contribution in [-0.2, 0) is 23.9 Å². The lowest BCUT2D eigenvalue weighted by atomic mass is 10.3. The molecule has 0 amide bonds. The summed E-state index contributed by atoms with van der Waals surface area (Å²) in [5, 5.41) is 0. The van der Waals surface area contributed by atoms with E-state index in [-0.39, 0.29) is 25.4 Å². The zero-order valence-corrected chi connectivity index (χ0v) is 8.65. The molecule has 0 fully saturated rings. The summed E-state index contributed by atoms with van der Waals surface area (Å²) in [5.41, 5.74) is 0. The molecule has 0 bridgehead atoms. The lowest BCUT2D eigenvalue weighted by molar-refractivity contribution is -0.146. The van der Waals surface area contributed by atoms with Crippen LogP contribution in [0.4, 0.5) is 0 Å². The number of carbonyl (C=O) groups is 3. The maximum absolute atomic E-state index is 10.8. The Morgan fingerprint density at radius 1 is 1.20 bits per heavy atom. The third-order valence-electron chi connectivity index (χ3n) is 1.36. The van der Waals surface area contributed by atoms with Gasteiger partial charge in [-0.25, -0.2) is 4.79 Å². The van der Waals surface area contributed by atoms with Crippen molar-refractivity contribution in [3.05, 3.63) is 12.7 Å². The second-order valence-corrected chi connectivity index (χ2v) is 2.82. The Morgan fingerprint density at radius 2 is 1.80 bits per heavy atom. The van der Waals surface area contributed by atoms with Gasteiger partial charge < -0.3 is 9.47 Å². The molecule has 0 aliphatic heterocycles. The van der Waals surface area contributed by atoms with Gasteiger partial charge >= 0.3 is 11.9 Å². The normalized spacial score (nSPS) is 9.13. The van der Waals surface area contributed by atoms with Gasteiger partial charge in [0, 0.05) is 12.5 Å². The first-order chi connectivity index (χ1) is 7.06. The molecule has 15 heavy (non-hydrogen) atoms. The molecular weight excluding hydrogens is 200 g/mol. The molecule has 0 aliphatic rings. The summed E-state index contributed by atoms with van der Waals surface area (Å²) in [6, 6.07) is 0. The molecule has 0 aromatic heterocycles. The first-order valence-corrected chi connectivity index (χ1v) is 4.50. The van der Waals surface area contributed by atoms with E-state index < -0.39 is 11.9 Å². The molecule has 0 rings (SSSR count). The zero-order valence-electron chi connectivity index (χ0n) is 8.65. The van der Waals surface area contributed by atoms with Crippen molar-refractivity contribution in [1.29, 1.82) is 0 Å². The van der Waals surface area contributed by atoms with Crippen LogP contribution >= 0.6 is 0 Å². The lowest BCUT2D eigenvalue weighted by Gasteiger charge is -2.03. The van der Waals surface area contributed by atoms with Crippen LogP contribution in [0.1, 0.15) is 19.8 Å². The predicted octanol–water partition coefficient (Wildman–Crippen LogP) is 0.628. The summed E-state index contributed by atoms with van der Waals surface area (Å²) in [6.45, 7) is 4.84. The minimum Gasteiger partial charge on any atom is -0.465 e. The lowest BCUT2D eigenvalue weighted by Crippen LogP contribution is -2.11. The highest BCUT2D eigenvalue weighted by Gasteiger charge is 2.05. The highest BCUT2D eigenvalue weighted by Crippen LogP contribution is 1.91. The van der Waals surface area contributed by atoms with E-state index in [4.69, 9.17) is 4.74 Å². The van der Waals surface area contributed by atoms with Crippen molar-refractivity contribution >= 4 is 17.7 Å². The third kappa shape index (κ3) is 8.67. The average Bonchev–Trinajstić information content (AvgIpc) is 2.15. The maximum atomic E-state index is 10.8. The number of ether oxygens (including phenoxy) is 2. The molecule has 0 unspecified atom stereocenters. The average molecular weight is 214 g/mol. The molecule has 0 aromatic carbocycles. The van der Waals surface area contributed by atoms with E-state index in [1.807, 2.05) is 0 Å². The summed E-state index contributed by atoms with van der Waals surface area (Å²) >= 11 is 0. The van der Waals surface area contributed by atoms with Crippen LogP contribution in [-0.4, -0.2) is 30.9 Å². The van der Waals surface area contributed by atoms with Gasteiger partial charge in [-0.3, -0.25) is 9.59 Å². The molecule has 0 spiro atoms. The number of Topliss-reactive ketones (excluding diaryl/α,β-unsaturated/α-hetero) is 1. The number of ketones is 1. The molecule has 0 saturated heterocycles. The Morgan fingerprint density at radius 3 is 2.33 bits per heavy atom. The van der Waals surface area contributed by atoms with Crippen LogP contribution in [0.25, 0.3) is 0 Å². The van der Waals surface area contributed by atoms with E-state index in [0.29, 0.717) is 6.42 Å². The van der Waals surface area contributed by atoms with Gasteiger partial charge in [0.2, 0.25) is 0 Å². The van der Waals surface area contributed by atoms with Crippen molar-refractivity contribution in [3.63, 3.8) is 0 Å². The van der Waals surface area contributed by atoms with Crippen molar-refractivity contribution in [2.45, 2.75) is 19.8 Å². The molecule has 84 valence electrons. The summed E-state index contributed by atoms with van der Waals surface area (Å²) in [4.78, 5) is 31.9. The number of hydrogen-bond donors (Lipinski definition) is 0. The van der Waals surface area contributed by atoms with Gasteiger partial charge in [0.05, 0.1) is 13.2 Å². The predicted molar refractivity (Wildman–Crippen MR) is 52.0 cm³/mol. The largest absolute Gasteiger partial charge is 0.465 e. The number of hydrogen-bond acceptors (Lipinski definition) is 5. The van der Waals surface area contributed by atoms with Crippen molar-refractivity contribution in [2.75, 3.05) is 13.2 Å². The van der Waals surface area contributed by atoms with Gasteiger partial charge in [0.15, 0.2) is 0 Å². The van der Waals surface area contributed by atoms with Crippen LogP contribution in [0.3, 0.4) is 0 Å². The van der Waals surface area contributed by atoms with Gasteiger partial charge in [0.25, 0.3) is 0 Å². The molecule has 0 radical (unpaired) electrons. The number of esters is 2. The van der Waals surface area contributed by atoms with E-state index in [1.165, 1.54) is 6.92 Å². The van der Waals surface area contributed by atoms with Crippen molar-refractivity contribution in [1.82, 2.24) is 0 Å². The molecule has 5 nitrogen and oxygen atoms in total. The number of rotatable bonds is 7. The van der Waals surface area contributed by atoms with E-state index in [2.05, 4.69) is 11.3 Å². The van der Waals surface area contributed by atoms with Gasteiger partial charge in [-0.05, 0) is 6.92 Å². The highest BCUT2D eigenvalue weighted by molar-refractivity contribution is 5.94. The third-order valence-corrected chi connectivity index (χ3v) is 1.36. The highest BCUT2D eigenvalue weighted by atomic mass is 16.5. The first kappa shape index (κ1) is 13.4. The Hall–Kier alpha value is -1.65. The maximum Gasteiger partial charge on any atom is 0.330 e. The minimum absolute atomic E-state index is 0.135. The van der Waals surface area contributed by atoms with E-state index >= 15 is 0 Å². The van der Waals surface area contributed by atoms with Gasteiger partial charge in [-0.15, -0.1) is 0 Å². The summed E-state index contributed by atoms with van der Waals surface area (Å²) < 4.78 is 9.33. The molecule has 0 aromatic rings. The Kier molecular flexibility index (Phi) is 6.88. The topological polar surface area (TPSA) is 69.7 Å². The second-order valence-electron chi connectivity index (χ2n) is 2.82. The summed E-state index contributed by atoms with van der Waals surface area (Å²) in [7, 11) is 0. The molecule has 0 heterocycles. The fourth-order valence-electron chi connectivity index (χ4n) is 0.731. The van der Waals surface area contributed by atoms with Crippen LogP contribution in [0.15, 0.2) is 12.7 Å². The fourth-order valence-corrected chi connectivity index (χ4v) is 0.731. The van der Waals surface area contributed by atoms with E-state index in [9.17, 15) is 14.4 Å². The van der Waals surface area contributed by atoms with Gasteiger partial charge in [-0.2, -0.15) is 0 Å². The second kappa shape index (κ2) is 7.73. The molecule has 5 heteroatoms. The Bertz CT molecular complexity index is 257. The smallest absolute Gasteiger partial charge is 0.330 e. The summed E-state index contributed by atoms with van der Waals surface area (Å²) in [5.74, 6) is -1.30. The van der Waals surface area contributed by atoms with Gasteiger partial charge in [-0.1, -0.05) is 6.58 Å². The van der Waals surface area contributed by atoms with Crippen LogP contribution < -0.4 is 0 Å². The van der Waals surface area contributed by atoms with Crippen LogP contribution in [0, 0.1) is 0 Å². The first-order valence-electron chi connectivity index (χ1n) is 4.50. The van der Waals surface area contributed by atoms with E-state index in [1.54, 1.807) is 0 Å². The molecule has 0 saturated carbocycles. The van der Waals surface area contributed by atoms with Crippen molar-refractivity contribution < 1.29 is 23.9 Å². The fraction of sp³-hybridized carbons (Fsp3) is 0.500.